The van der Waals surface area contributed by atoms with Crippen molar-refractivity contribution in [1.29, 1.82) is 0 Å². The van der Waals surface area contributed by atoms with Crippen molar-refractivity contribution in [2.45, 2.75) is 53.5 Å². The Labute approximate surface area is 107 Å². The molecule has 1 rings (SSSR count). The van der Waals surface area contributed by atoms with Crippen LogP contribution in [0.25, 0.3) is 0 Å². The van der Waals surface area contributed by atoms with E-state index in [9.17, 15) is 0 Å². The lowest BCUT2D eigenvalue weighted by Gasteiger charge is -2.23. The number of aryl methyl sites for hydroxylation is 1. The van der Waals surface area contributed by atoms with E-state index in [1.165, 1.54) is 29.5 Å². The number of benzene rings is 1. The molecule has 1 N–H and O–H groups in total. The predicted octanol–water partition coefficient (Wildman–Crippen LogP) is 4.39. The van der Waals surface area contributed by atoms with Crippen molar-refractivity contribution in [2.24, 2.45) is 5.92 Å². The first-order chi connectivity index (χ1) is 8.06. The standard InChI is InChI=1S/C16H27N/c1-6-10-17-16(11-12(2)3)15-9-7-8-13(4)14(15)5/h7-9,12,16-17H,6,10-11H2,1-5H3. The van der Waals surface area contributed by atoms with Gasteiger partial charge in [0.15, 0.2) is 0 Å². The smallest absolute Gasteiger partial charge is 0.0325 e. The van der Waals surface area contributed by atoms with E-state index in [1.807, 2.05) is 0 Å². The van der Waals surface area contributed by atoms with Crippen molar-refractivity contribution >= 4 is 0 Å². The Morgan fingerprint density at radius 2 is 1.88 bits per heavy atom. The van der Waals surface area contributed by atoms with Crippen molar-refractivity contribution in [3.8, 4) is 0 Å². The van der Waals surface area contributed by atoms with Crippen molar-refractivity contribution < 1.29 is 0 Å². The Hall–Kier alpha value is -0.820. The zero-order valence-corrected chi connectivity index (χ0v) is 12.0. The second-order valence-electron chi connectivity index (χ2n) is 5.43. The lowest BCUT2D eigenvalue weighted by atomic mass is 9.92. The first-order valence-electron chi connectivity index (χ1n) is 6.85. The van der Waals surface area contributed by atoms with Crippen LogP contribution in [0.5, 0.6) is 0 Å². The highest BCUT2D eigenvalue weighted by Crippen LogP contribution is 2.25. The topological polar surface area (TPSA) is 12.0 Å². The summed E-state index contributed by atoms with van der Waals surface area (Å²) >= 11 is 0. The van der Waals surface area contributed by atoms with E-state index >= 15 is 0 Å². The maximum Gasteiger partial charge on any atom is 0.0325 e. The fourth-order valence-electron chi connectivity index (χ4n) is 2.26. The summed E-state index contributed by atoms with van der Waals surface area (Å²) < 4.78 is 0. The van der Waals surface area contributed by atoms with E-state index in [0.29, 0.717) is 6.04 Å². The number of rotatable bonds is 6. The fraction of sp³-hybridized carbons (Fsp3) is 0.625. The van der Waals surface area contributed by atoms with Gasteiger partial charge >= 0.3 is 0 Å². The average Bonchev–Trinajstić information content (AvgIpc) is 2.28. The molecule has 0 aliphatic carbocycles. The van der Waals surface area contributed by atoms with Gasteiger partial charge in [0.05, 0.1) is 0 Å². The van der Waals surface area contributed by atoms with Crippen molar-refractivity contribution in [3.63, 3.8) is 0 Å². The van der Waals surface area contributed by atoms with Gasteiger partial charge in [-0.2, -0.15) is 0 Å². The van der Waals surface area contributed by atoms with Crippen LogP contribution in [0.2, 0.25) is 0 Å². The summed E-state index contributed by atoms with van der Waals surface area (Å²) in [7, 11) is 0. The van der Waals surface area contributed by atoms with Crippen LogP contribution in [-0.2, 0) is 0 Å². The first-order valence-corrected chi connectivity index (χ1v) is 6.85. The molecule has 1 unspecified atom stereocenters. The van der Waals surface area contributed by atoms with Crippen LogP contribution >= 0.6 is 0 Å². The van der Waals surface area contributed by atoms with Gasteiger partial charge in [-0.3, -0.25) is 0 Å². The summed E-state index contributed by atoms with van der Waals surface area (Å²) in [5.41, 5.74) is 4.32. The SMILES string of the molecule is CCCNC(CC(C)C)c1cccc(C)c1C. The maximum atomic E-state index is 3.69. The molecule has 1 nitrogen and oxygen atoms in total. The molecule has 0 saturated carbocycles. The van der Waals surface area contributed by atoms with E-state index in [4.69, 9.17) is 0 Å². The molecule has 96 valence electrons. The van der Waals surface area contributed by atoms with Gasteiger partial charge in [0.1, 0.15) is 0 Å². The minimum atomic E-state index is 0.509. The minimum absolute atomic E-state index is 0.509. The molecule has 0 aliphatic rings. The predicted molar refractivity (Wildman–Crippen MR) is 76.4 cm³/mol. The molecule has 0 spiro atoms. The quantitative estimate of drug-likeness (QED) is 0.768. The molecule has 1 aromatic carbocycles. The van der Waals surface area contributed by atoms with Crippen LogP contribution in [0.3, 0.4) is 0 Å². The van der Waals surface area contributed by atoms with Crippen LogP contribution < -0.4 is 5.32 Å². The second kappa shape index (κ2) is 6.80. The third-order valence-electron chi connectivity index (χ3n) is 3.37. The Bertz CT molecular complexity index is 341. The zero-order chi connectivity index (χ0) is 12.8. The summed E-state index contributed by atoms with van der Waals surface area (Å²) in [5.74, 6) is 0.726. The van der Waals surface area contributed by atoms with Gasteiger partial charge in [-0.25, -0.2) is 0 Å². The second-order valence-corrected chi connectivity index (χ2v) is 5.43. The molecule has 0 aliphatic heterocycles. The van der Waals surface area contributed by atoms with Crippen LogP contribution in [0.15, 0.2) is 18.2 Å². The molecule has 1 aromatic rings. The number of hydrogen-bond donors (Lipinski definition) is 1. The summed E-state index contributed by atoms with van der Waals surface area (Å²) in [6.07, 6.45) is 2.41. The van der Waals surface area contributed by atoms with E-state index in [-0.39, 0.29) is 0 Å². The van der Waals surface area contributed by atoms with Gasteiger partial charge in [0.25, 0.3) is 0 Å². The molecule has 17 heavy (non-hydrogen) atoms. The first kappa shape index (κ1) is 14.2. The molecule has 0 radical (unpaired) electrons. The molecular weight excluding hydrogens is 206 g/mol. The van der Waals surface area contributed by atoms with Gasteiger partial charge in [0.2, 0.25) is 0 Å². The van der Waals surface area contributed by atoms with Gasteiger partial charge < -0.3 is 5.32 Å². The lowest BCUT2D eigenvalue weighted by Crippen LogP contribution is -2.24. The molecule has 1 atom stereocenters. The molecule has 0 aromatic heterocycles. The molecule has 0 amide bonds. The van der Waals surface area contributed by atoms with Crippen LogP contribution in [-0.4, -0.2) is 6.54 Å². The number of hydrogen-bond acceptors (Lipinski definition) is 1. The van der Waals surface area contributed by atoms with Crippen LogP contribution in [0.4, 0.5) is 0 Å². The van der Waals surface area contributed by atoms with E-state index < -0.39 is 0 Å². The van der Waals surface area contributed by atoms with E-state index in [2.05, 4.69) is 58.1 Å². The largest absolute Gasteiger partial charge is 0.310 e. The van der Waals surface area contributed by atoms with Gasteiger partial charge in [-0.1, -0.05) is 39.0 Å². The third-order valence-corrected chi connectivity index (χ3v) is 3.37. The molecule has 0 bridgehead atoms. The van der Waals surface area contributed by atoms with E-state index in [0.717, 1.165) is 12.5 Å². The van der Waals surface area contributed by atoms with Crippen LogP contribution in [0, 0.1) is 19.8 Å². The summed E-state index contributed by atoms with van der Waals surface area (Å²) in [5, 5.41) is 3.69. The minimum Gasteiger partial charge on any atom is -0.310 e. The lowest BCUT2D eigenvalue weighted by molar-refractivity contribution is 0.429. The fourth-order valence-corrected chi connectivity index (χ4v) is 2.26. The van der Waals surface area contributed by atoms with E-state index in [1.54, 1.807) is 0 Å². The Kier molecular flexibility index (Phi) is 5.70. The van der Waals surface area contributed by atoms with Crippen molar-refractivity contribution in [2.75, 3.05) is 6.54 Å². The Morgan fingerprint density at radius 1 is 1.18 bits per heavy atom. The molecular formula is C16H27N. The Balaban J connectivity index is 2.90. The van der Waals surface area contributed by atoms with Crippen molar-refractivity contribution in [1.82, 2.24) is 5.32 Å². The third kappa shape index (κ3) is 4.16. The van der Waals surface area contributed by atoms with Crippen molar-refractivity contribution in [3.05, 3.63) is 34.9 Å². The summed E-state index contributed by atoms with van der Waals surface area (Å²) in [6, 6.07) is 7.16. The average molecular weight is 233 g/mol. The molecule has 0 saturated heterocycles. The molecule has 0 heterocycles. The summed E-state index contributed by atoms with van der Waals surface area (Å²) in [4.78, 5) is 0. The highest BCUT2D eigenvalue weighted by molar-refractivity contribution is 5.35. The Morgan fingerprint density at radius 3 is 2.47 bits per heavy atom. The highest BCUT2D eigenvalue weighted by atomic mass is 14.9. The highest BCUT2D eigenvalue weighted by Gasteiger charge is 2.15. The monoisotopic (exact) mass is 233 g/mol. The zero-order valence-electron chi connectivity index (χ0n) is 12.0. The summed E-state index contributed by atoms with van der Waals surface area (Å²) in [6.45, 7) is 12.4. The van der Waals surface area contributed by atoms with Crippen LogP contribution in [0.1, 0.15) is 56.3 Å². The molecule has 1 heteroatoms. The molecule has 0 fully saturated rings. The van der Waals surface area contributed by atoms with Gasteiger partial charge in [0, 0.05) is 6.04 Å². The number of nitrogens with one attached hydrogen (secondary N) is 1. The van der Waals surface area contributed by atoms with Gasteiger partial charge in [-0.15, -0.1) is 0 Å². The normalized spacial score (nSPS) is 13.1. The maximum absolute atomic E-state index is 3.69. The van der Waals surface area contributed by atoms with Gasteiger partial charge in [-0.05, 0) is 55.8 Å².